The van der Waals surface area contributed by atoms with E-state index < -0.39 is 15.9 Å². The van der Waals surface area contributed by atoms with Gasteiger partial charge in [0.2, 0.25) is 22.7 Å². The third kappa shape index (κ3) is 5.08. The molecule has 34 heavy (non-hydrogen) atoms. The zero-order valence-corrected chi connectivity index (χ0v) is 20.5. The summed E-state index contributed by atoms with van der Waals surface area (Å²) in [5.74, 6) is 0.691. The maximum Gasteiger partial charge on any atom is 0.244 e. The highest BCUT2D eigenvalue weighted by Crippen LogP contribution is 2.34. The van der Waals surface area contributed by atoms with E-state index >= 15 is 0 Å². The summed E-state index contributed by atoms with van der Waals surface area (Å²) in [7, 11) is -3.96. The van der Waals surface area contributed by atoms with Crippen molar-refractivity contribution < 1.29 is 22.7 Å². The molecule has 1 heterocycles. The fourth-order valence-corrected chi connectivity index (χ4v) is 5.96. The zero-order chi connectivity index (χ0) is 24.5. The van der Waals surface area contributed by atoms with Crippen molar-refractivity contribution in [3.63, 3.8) is 0 Å². The van der Waals surface area contributed by atoms with Crippen LogP contribution in [-0.4, -0.2) is 32.0 Å². The van der Waals surface area contributed by atoms with Gasteiger partial charge in [-0.15, -0.1) is 0 Å². The number of ether oxygens (including phenoxy) is 2. The van der Waals surface area contributed by atoms with Gasteiger partial charge in [-0.3, -0.25) is 4.79 Å². The smallest absolute Gasteiger partial charge is 0.244 e. The van der Waals surface area contributed by atoms with Crippen molar-refractivity contribution in [2.45, 2.75) is 39.1 Å². The predicted molar refractivity (Wildman–Crippen MR) is 131 cm³/mol. The van der Waals surface area contributed by atoms with E-state index in [0.29, 0.717) is 28.3 Å². The van der Waals surface area contributed by atoms with E-state index in [1.165, 1.54) is 4.31 Å². The number of carbonyl (C=O) groups is 1. The summed E-state index contributed by atoms with van der Waals surface area (Å²) in [4.78, 5) is 13.2. The van der Waals surface area contributed by atoms with Gasteiger partial charge in [0.15, 0.2) is 11.5 Å². The number of nitrogens with zero attached hydrogens (tertiary/aromatic N) is 1. The summed E-state index contributed by atoms with van der Waals surface area (Å²) in [6, 6.07) is 16.4. The number of fused-ring (bicyclic) bond motifs is 1. The Balaban J connectivity index is 1.63. The van der Waals surface area contributed by atoms with Gasteiger partial charge in [0.05, 0.1) is 11.4 Å². The molecule has 4 rings (SSSR count). The molecule has 1 aliphatic rings. The quantitative estimate of drug-likeness (QED) is 0.539. The number of hydrogen-bond acceptors (Lipinski definition) is 5. The lowest BCUT2D eigenvalue weighted by Crippen LogP contribution is -2.38. The highest BCUT2D eigenvalue weighted by molar-refractivity contribution is 7.89. The van der Waals surface area contributed by atoms with E-state index in [4.69, 9.17) is 9.47 Å². The summed E-state index contributed by atoms with van der Waals surface area (Å²) < 4.78 is 39.5. The van der Waals surface area contributed by atoms with Crippen LogP contribution < -0.4 is 14.8 Å². The highest BCUT2D eigenvalue weighted by Gasteiger charge is 2.30. The van der Waals surface area contributed by atoms with Crippen molar-refractivity contribution in [1.82, 2.24) is 4.31 Å². The van der Waals surface area contributed by atoms with Crippen LogP contribution in [0.4, 0.5) is 5.69 Å². The largest absolute Gasteiger partial charge is 0.454 e. The number of aryl methyl sites for hydroxylation is 4. The van der Waals surface area contributed by atoms with Crippen LogP contribution in [0.2, 0.25) is 0 Å². The van der Waals surface area contributed by atoms with Crippen LogP contribution in [0, 0.1) is 27.7 Å². The fraction of sp³-hybridized carbons (Fsp3) is 0.269. The highest BCUT2D eigenvalue weighted by atomic mass is 32.2. The molecule has 1 aliphatic heterocycles. The fourth-order valence-electron chi connectivity index (χ4n) is 4.16. The van der Waals surface area contributed by atoms with Crippen LogP contribution >= 0.6 is 0 Å². The Labute approximate surface area is 200 Å². The van der Waals surface area contributed by atoms with E-state index in [1.54, 1.807) is 32.0 Å². The van der Waals surface area contributed by atoms with E-state index in [9.17, 15) is 13.2 Å². The number of benzene rings is 3. The summed E-state index contributed by atoms with van der Waals surface area (Å²) in [5.41, 5.74) is 4.67. The molecule has 0 saturated heterocycles. The molecule has 3 aromatic carbocycles. The van der Waals surface area contributed by atoms with Gasteiger partial charge < -0.3 is 14.8 Å². The standard InChI is InChI=1S/C26H28N2O5S/c1-17-5-7-21(8-6-17)14-28(34(30,31)26-19(3)11-18(2)12-20(26)4)15-25(29)27-22-9-10-23-24(13-22)33-16-32-23/h5-13H,14-16H2,1-4H3,(H,27,29). The minimum Gasteiger partial charge on any atom is -0.454 e. The molecule has 0 radical (unpaired) electrons. The summed E-state index contributed by atoms with van der Waals surface area (Å²) in [6.45, 7) is 7.33. The first kappa shape index (κ1) is 23.8. The van der Waals surface area contributed by atoms with E-state index in [2.05, 4.69) is 5.32 Å². The molecule has 178 valence electrons. The van der Waals surface area contributed by atoms with Crippen LogP contribution in [0.15, 0.2) is 59.5 Å². The van der Waals surface area contributed by atoms with Crippen LogP contribution in [-0.2, 0) is 21.4 Å². The van der Waals surface area contributed by atoms with Crippen molar-refractivity contribution in [3.8, 4) is 11.5 Å². The zero-order valence-electron chi connectivity index (χ0n) is 19.7. The molecular weight excluding hydrogens is 452 g/mol. The van der Waals surface area contributed by atoms with Crippen LogP contribution in [0.3, 0.4) is 0 Å². The van der Waals surface area contributed by atoms with E-state index in [1.807, 2.05) is 50.2 Å². The first-order valence-corrected chi connectivity index (χ1v) is 12.4. The number of rotatable bonds is 7. The Morgan fingerprint density at radius 2 is 1.53 bits per heavy atom. The average Bonchev–Trinajstić information content (AvgIpc) is 3.21. The molecule has 0 spiro atoms. The van der Waals surface area contributed by atoms with Crippen molar-refractivity contribution in [3.05, 3.63) is 82.4 Å². The SMILES string of the molecule is Cc1ccc(CN(CC(=O)Nc2ccc3c(c2)OCO3)S(=O)(=O)c2c(C)cc(C)cc2C)cc1. The van der Waals surface area contributed by atoms with Gasteiger partial charge in [0, 0.05) is 18.3 Å². The van der Waals surface area contributed by atoms with Crippen molar-refractivity contribution >= 4 is 21.6 Å². The van der Waals surface area contributed by atoms with Crippen LogP contribution in [0.25, 0.3) is 0 Å². The Morgan fingerprint density at radius 3 is 2.21 bits per heavy atom. The molecule has 0 aliphatic carbocycles. The molecule has 1 N–H and O–H groups in total. The number of hydrogen-bond donors (Lipinski definition) is 1. The lowest BCUT2D eigenvalue weighted by Gasteiger charge is -2.24. The summed E-state index contributed by atoms with van der Waals surface area (Å²) in [5, 5.41) is 2.78. The van der Waals surface area contributed by atoms with Gasteiger partial charge in [-0.2, -0.15) is 4.31 Å². The number of sulfonamides is 1. The monoisotopic (exact) mass is 480 g/mol. The molecule has 3 aromatic rings. The first-order valence-electron chi connectivity index (χ1n) is 11.0. The Hall–Kier alpha value is -3.36. The molecule has 0 atom stereocenters. The lowest BCUT2D eigenvalue weighted by atomic mass is 10.1. The van der Waals surface area contributed by atoms with Crippen molar-refractivity contribution in [2.24, 2.45) is 0 Å². The first-order chi connectivity index (χ1) is 16.1. The Kier molecular flexibility index (Phi) is 6.63. The molecule has 7 nitrogen and oxygen atoms in total. The van der Waals surface area contributed by atoms with Gasteiger partial charge in [-0.25, -0.2) is 8.42 Å². The predicted octanol–water partition coefficient (Wildman–Crippen LogP) is 4.48. The molecule has 0 bridgehead atoms. The summed E-state index contributed by atoms with van der Waals surface area (Å²) >= 11 is 0. The molecule has 0 aromatic heterocycles. The second-order valence-corrected chi connectivity index (χ2v) is 10.5. The number of nitrogens with one attached hydrogen (secondary N) is 1. The molecule has 0 unspecified atom stereocenters. The minimum absolute atomic E-state index is 0.0733. The maximum atomic E-state index is 13.8. The second kappa shape index (κ2) is 9.48. The average molecular weight is 481 g/mol. The van der Waals surface area contributed by atoms with Gasteiger partial charge in [0.25, 0.3) is 0 Å². The summed E-state index contributed by atoms with van der Waals surface area (Å²) in [6.07, 6.45) is 0. The number of amides is 1. The van der Waals surface area contributed by atoms with Gasteiger partial charge in [-0.1, -0.05) is 47.5 Å². The van der Waals surface area contributed by atoms with Crippen LogP contribution in [0.5, 0.6) is 11.5 Å². The number of carbonyl (C=O) groups excluding carboxylic acids is 1. The lowest BCUT2D eigenvalue weighted by molar-refractivity contribution is -0.116. The van der Waals surface area contributed by atoms with Crippen molar-refractivity contribution in [1.29, 1.82) is 0 Å². The van der Waals surface area contributed by atoms with Crippen LogP contribution in [0.1, 0.15) is 27.8 Å². The third-order valence-corrected chi connectivity index (χ3v) is 7.76. The van der Waals surface area contributed by atoms with E-state index in [-0.39, 0.29) is 24.8 Å². The van der Waals surface area contributed by atoms with Gasteiger partial charge in [0.1, 0.15) is 0 Å². The number of anilines is 1. The van der Waals surface area contributed by atoms with Gasteiger partial charge in [-0.05, 0) is 56.5 Å². The molecule has 1 amide bonds. The minimum atomic E-state index is -3.96. The molecule has 0 fully saturated rings. The normalized spacial score (nSPS) is 12.7. The maximum absolute atomic E-state index is 13.8. The Bertz CT molecular complexity index is 1310. The second-order valence-electron chi connectivity index (χ2n) is 8.60. The van der Waals surface area contributed by atoms with Crippen molar-refractivity contribution in [2.75, 3.05) is 18.7 Å². The molecule has 8 heteroatoms. The van der Waals surface area contributed by atoms with Gasteiger partial charge >= 0.3 is 0 Å². The Morgan fingerprint density at radius 1 is 0.882 bits per heavy atom. The third-order valence-electron chi connectivity index (χ3n) is 5.66. The topological polar surface area (TPSA) is 84.9 Å². The molecule has 0 saturated carbocycles. The molecular formula is C26H28N2O5S. The van der Waals surface area contributed by atoms with E-state index in [0.717, 1.165) is 16.7 Å².